The normalized spacial score (nSPS) is 10.3. The number of hydrogen-bond donors (Lipinski definition) is 0. The molecule has 2 nitrogen and oxygen atoms in total. The van der Waals surface area contributed by atoms with Crippen LogP contribution in [0.2, 0.25) is 0 Å². The molecule has 0 aliphatic heterocycles. The summed E-state index contributed by atoms with van der Waals surface area (Å²) in [4.78, 5) is 4.06. The highest BCUT2D eigenvalue weighted by Crippen LogP contribution is 2.19. The molecule has 5 heteroatoms. The molecule has 17 heavy (non-hydrogen) atoms. The summed E-state index contributed by atoms with van der Waals surface area (Å²) in [7, 11) is 0. The summed E-state index contributed by atoms with van der Waals surface area (Å²) >= 11 is 3.25. The van der Waals surface area contributed by atoms with Gasteiger partial charge in [0.1, 0.15) is 12.4 Å². The zero-order chi connectivity index (χ0) is 12.3. The van der Waals surface area contributed by atoms with E-state index in [9.17, 15) is 8.78 Å². The van der Waals surface area contributed by atoms with Crippen LogP contribution in [0.4, 0.5) is 8.78 Å². The molecule has 0 amide bonds. The fourth-order valence-corrected chi connectivity index (χ4v) is 1.47. The van der Waals surface area contributed by atoms with Crippen molar-refractivity contribution in [2.75, 3.05) is 0 Å². The Kier molecular flexibility index (Phi) is 3.68. The molecule has 2 aromatic rings. The first-order valence-electron chi connectivity index (χ1n) is 4.83. The van der Waals surface area contributed by atoms with Crippen LogP contribution in [0.15, 0.2) is 41.0 Å². The first-order chi connectivity index (χ1) is 8.15. The molecular weight excluding hydrogens is 292 g/mol. The van der Waals surface area contributed by atoms with Crippen molar-refractivity contribution in [1.29, 1.82) is 0 Å². The molecule has 0 unspecified atom stereocenters. The quantitative estimate of drug-likeness (QED) is 0.862. The first kappa shape index (κ1) is 12.0. The Labute approximate surface area is 105 Å². The molecule has 0 spiro atoms. The smallest absolute Gasteiger partial charge is 0.165 e. The van der Waals surface area contributed by atoms with Crippen LogP contribution in [-0.2, 0) is 6.61 Å². The van der Waals surface area contributed by atoms with Gasteiger partial charge in [-0.05, 0) is 40.2 Å². The minimum atomic E-state index is -0.594. The Balaban J connectivity index is 2.07. The number of rotatable bonds is 3. The van der Waals surface area contributed by atoms with Crippen LogP contribution in [0.5, 0.6) is 5.75 Å². The maximum atomic E-state index is 13.2. The lowest BCUT2D eigenvalue weighted by atomic mass is 10.3. The monoisotopic (exact) mass is 299 g/mol. The Morgan fingerprint density at radius 2 is 2.00 bits per heavy atom. The number of ether oxygens (including phenoxy) is 1. The fraction of sp³-hybridized carbons (Fsp3) is 0.0833. The molecule has 0 aliphatic carbocycles. The third-order valence-corrected chi connectivity index (χ3v) is 2.53. The van der Waals surface area contributed by atoms with Crippen LogP contribution in [0.1, 0.15) is 5.69 Å². The lowest BCUT2D eigenvalue weighted by molar-refractivity contribution is 0.284. The van der Waals surface area contributed by atoms with Crippen LogP contribution in [0, 0.1) is 11.6 Å². The molecule has 0 fully saturated rings. The number of benzene rings is 1. The fourth-order valence-electron chi connectivity index (χ4n) is 1.23. The van der Waals surface area contributed by atoms with Crippen molar-refractivity contribution in [3.05, 3.63) is 58.3 Å². The third-order valence-electron chi connectivity index (χ3n) is 2.06. The summed E-state index contributed by atoms with van der Waals surface area (Å²) in [5.41, 5.74) is 0.636. The van der Waals surface area contributed by atoms with Crippen molar-refractivity contribution in [3.63, 3.8) is 0 Å². The van der Waals surface area contributed by atoms with E-state index in [-0.39, 0.29) is 12.4 Å². The first-order valence-corrected chi connectivity index (χ1v) is 5.63. The number of pyridine rings is 1. The maximum absolute atomic E-state index is 13.2. The summed E-state index contributed by atoms with van der Waals surface area (Å²) in [5.74, 6) is -1.25. The second kappa shape index (κ2) is 5.23. The molecule has 0 radical (unpaired) electrons. The molecule has 1 aromatic heterocycles. The lowest BCUT2D eigenvalue weighted by Gasteiger charge is -2.06. The summed E-state index contributed by atoms with van der Waals surface area (Å²) in [6, 6.07) is 6.61. The van der Waals surface area contributed by atoms with Gasteiger partial charge in [-0.1, -0.05) is 0 Å². The predicted molar refractivity (Wildman–Crippen MR) is 62.6 cm³/mol. The van der Waals surface area contributed by atoms with Gasteiger partial charge in [-0.2, -0.15) is 0 Å². The summed E-state index contributed by atoms with van der Waals surface area (Å²) in [6.07, 6.45) is 1.61. The molecule has 0 aliphatic rings. The van der Waals surface area contributed by atoms with Crippen LogP contribution >= 0.6 is 15.9 Å². The van der Waals surface area contributed by atoms with Crippen molar-refractivity contribution in [3.8, 4) is 5.75 Å². The molecule has 0 atom stereocenters. The van der Waals surface area contributed by atoms with Gasteiger partial charge in [-0.3, -0.25) is 4.98 Å². The Morgan fingerprint density at radius 1 is 1.18 bits per heavy atom. The van der Waals surface area contributed by atoms with Gasteiger partial charge >= 0.3 is 0 Å². The highest BCUT2D eigenvalue weighted by Gasteiger charge is 2.05. The molecule has 0 saturated carbocycles. The van der Waals surface area contributed by atoms with Crippen molar-refractivity contribution in [2.45, 2.75) is 6.61 Å². The van der Waals surface area contributed by atoms with Crippen LogP contribution < -0.4 is 4.74 Å². The zero-order valence-corrected chi connectivity index (χ0v) is 10.2. The van der Waals surface area contributed by atoms with Crippen molar-refractivity contribution in [1.82, 2.24) is 4.98 Å². The molecule has 0 bridgehead atoms. The number of hydrogen-bond acceptors (Lipinski definition) is 2. The van der Waals surface area contributed by atoms with E-state index >= 15 is 0 Å². The summed E-state index contributed by atoms with van der Waals surface area (Å²) in [5, 5.41) is 0. The maximum Gasteiger partial charge on any atom is 0.165 e. The van der Waals surface area contributed by atoms with Gasteiger partial charge in [0, 0.05) is 16.7 Å². The largest absolute Gasteiger partial charge is 0.484 e. The Morgan fingerprint density at radius 3 is 2.71 bits per heavy atom. The molecule has 2 rings (SSSR count). The average Bonchev–Trinajstić information content (AvgIpc) is 2.32. The second-order valence-electron chi connectivity index (χ2n) is 3.33. The van der Waals surface area contributed by atoms with E-state index in [1.54, 1.807) is 18.3 Å². The van der Waals surface area contributed by atoms with Gasteiger partial charge in [0.2, 0.25) is 0 Å². The van der Waals surface area contributed by atoms with Gasteiger partial charge in [0.15, 0.2) is 11.6 Å². The van der Waals surface area contributed by atoms with Gasteiger partial charge < -0.3 is 4.74 Å². The Hall–Kier alpha value is -1.49. The van der Waals surface area contributed by atoms with Gasteiger partial charge in [0.25, 0.3) is 0 Å². The Bertz CT molecular complexity index is 516. The van der Waals surface area contributed by atoms with Crippen molar-refractivity contribution >= 4 is 15.9 Å². The average molecular weight is 300 g/mol. The van der Waals surface area contributed by atoms with Gasteiger partial charge in [-0.15, -0.1) is 0 Å². The highest BCUT2D eigenvalue weighted by molar-refractivity contribution is 9.10. The standard InChI is InChI=1S/C12H8BrF2NO/c13-8-1-3-10(16-6-8)7-17-12-5-9(14)2-4-11(12)15/h1-6H,7H2. The van der Waals surface area contributed by atoms with Gasteiger partial charge in [0.05, 0.1) is 5.69 Å². The van der Waals surface area contributed by atoms with E-state index in [2.05, 4.69) is 20.9 Å². The minimum Gasteiger partial charge on any atom is -0.484 e. The molecule has 1 aromatic carbocycles. The highest BCUT2D eigenvalue weighted by atomic mass is 79.9. The molecular formula is C12H8BrF2NO. The predicted octanol–water partition coefficient (Wildman–Crippen LogP) is 3.70. The number of nitrogens with zero attached hydrogens (tertiary/aromatic N) is 1. The van der Waals surface area contributed by atoms with Crippen molar-refractivity contribution < 1.29 is 13.5 Å². The molecule has 0 saturated heterocycles. The third kappa shape index (κ3) is 3.23. The molecule has 88 valence electrons. The SMILES string of the molecule is Fc1ccc(F)c(OCc2ccc(Br)cn2)c1. The summed E-state index contributed by atoms with van der Waals surface area (Å²) < 4.78 is 32.1. The van der Waals surface area contributed by atoms with E-state index in [1.165, 1.54) is 0 Å². The van der Waals surface area contributed by atoms with Gasteiger partial charge in [-0.25, -0.2) is 8.78 Å². The van der Waals surface area contributed by atoms with E-state index in [0.717, 1.165) is 22.7 Å². The number of halogens is 3. The molecule has 0 N–H and O–H groups in total. The van der Waals surface area contributed by atoms with Crippen LogP contribution in [0.25, 0.3) is 0 Å². The zero-order valence-electron chi connectivity index (χ0n) is 8.66. The lowest BCUT2D eigenvalue weighted by Crippen LogP contribution is -1.99. The topological polar surface area (TPSA) is 22.1 Å². The van der Waals surface area contributed by atoms with E-state index in [4.69, 9.17) is 4.74 Å². The van der Waals surface area contributed by atoms with E-state index < -0.39 is 11.6 Å². The number of aromatic nitrogens is 1. The van der Waals surface area contributed by atoms with Crippen LogP contribution in [-0.4, -0.2) is 4.98 Å². The van der Waals surface area contributed by atoms with Crippen LogP contribution in [0.3, 0.4) is 0 Å². The second-order valence-corrected chi connectivity index (χ2v) is 4.25. The van der Waals surface area contributed by atoms with E-state index in [0.29, 0.717) is 5.69 Å². The minimum absolute atomic E-state index is 0.0909. The summed E-state index contributed by atoms with van der Waals surface area (Å²) in [6.45, 7) is 0.0909. The molecule has 1 heterocycles. The van der Waals surface area contributed by atoms with E-state index in [1.807, 2.05) is 0 Å². The van der Waals surface area contributed by atoms with Crippen molar-refractivity contribution in [2.24, 2.45) is 0 Å².